The summed E-state index contributed by atoms with van der Waals surface area (Å²) in [6.45, 7) is 0. The van der Waals surface area contributed by atoms with Crippen molar-refractivity contribution in [3.05, 3.63) is 30.6 Å². The third kappa shape index (κ3) is 1.53. The highest BCUT2D eigenvalue weighted by atomic mass is 16.3. The van der Waals surface area contributed by atoms with E-state index in [0.717, 1.165) is 5.56 Å². The van der Waals surface area contributed by atoms with Crippen LogP contribution in [-0.4, -0.2) is 35.9 Å². The summed E-state index contributed by atoms with van der Waals surface area (Å²) in [5.74, 6) is 0.124. The first-order valence-electron chi connectivity index (χ1n) is 4.90. The molecule has 0 aliphatic rings. The summed E-state index contributed by atoms with van der Waals surface area (Å²) in [6.07, 6.45) is 3.12. The standard InChI is InChI=1S/C10H8N6O/c17-9-3-1-2-6(7-4-11-15-13-7)10(9)8-5-12-16-14-8/h1-5,17H,(H,11,13,15)(H,12,14,16). The monoisotopic (exact) mass is 228 g/mol. The van der Waals surface area contributed by atoms with Crippen molar-refractivity contribution >= 4 is 0 Å². The molecule has 7 heteroatoms. The number of hydrogen-bond acceptors (Lipinski definition) is 5. The van der Waals surface area contributed by atoms with Crippen LogP contribution in [0.3, 0.4) is 0 Å². The van der Waals surface area contributed by atoms with Crippen LogP contribution in [0.4, 0.5) is 0 Å². The van der Waals surface area contributed by atoms with Crippen LogP contribution in [0.1, 0.15) is 0 Å². The van der Waals surface area contributed by atoms with Crippen molar-refractivity contribution in [2.75, 3.05) is 0 Å². The number of nitrogens with zero attached hydrogens (tertiary/aromatic N) is 4. The van der Waals surface area contributed by atoms with Gasteiger partial charge in [-0.1, -0.05) is 12.1 Å². The van der Waals surface area contributed by atoms with Crippen LogP contribution < -0.4 is 0 Å². The van der Waals surface area contributed by atoms with Gasteiger partial charge in [0, 0.05) is 5.56 Å². The van der Waals surface area contributed by atoms with Gasteiger partial charge in [-0.3, -0.25) is 0 Å². The van der Waals surface area contributed by atoms with Gasteiger partial charge >= 0.3 is 0 Å². The third-order valence-electron chi connectivity index (χ3n) is 2.40. The molecule has 0 unspecified atom stereocenters. The molecule has 3 aromatic rings. The van der Waals surface area contributed by atoms with E-state index in [4.69, 9.17) is 0 Å². The molecule has 0 aliphatic heterocycles. The maximum atomic E-state index is 9.92. The van der Waals surface area contributed by atoms with Crippen molar-refractivity contribution in [3.63, 3.8) is 0 Å². The molecule has 0 fully saturated rings. The lowest BCUT2D eigenvalue weighted by molar-refractivity contribution is 0.477. The molecule has 0 aliphatic carbocycles. The molecule has 0 saturated carbocycles. The zero-order valence-corrected chi connectivity index (χ0v) is 8.62. The summed E-state index contributed by atoms with van der Waals surface area (Å²) < 4.78 is 0. The number of phenolic OH excluding ortho intramolecular Hbond substituents is 1. The Bertz CT molecular complexity index is 616. The Hall–Kier alpha value is -2.70. The van der Waals surface area contributed by atoms with Crippen molar-refractivity contribution < 1.29 is 5.11 Å². The maximum Gasteiger partial charge on any atom is 0.125 e. The van der Waals surface area contributed by atoms with E-state index in [1.807, 2.05) is 6.07 Å². The molecule has 0 amide bonds. The summed E-state index contributed by atoms with van der Waals surface area (Å²) in [7, 11) is 0. The summed E-state index contributed by atoms with van der Waals surface area (Å²) in [5, 5.41) is 30.4. The van der Waals surface area contributed by atoms with E-state index < -0.39 is 0 Å². The molecular weight excluding hydrogens is 220 g/mol. The van der Waals surface area contributed by atoms with Gasteiger partial charge in [0.25, 0.3) is 0 Å². The van der Waals surface area contributed by atoms with Crippen LogP contribution in [0.15, 0.2) is 30.6 Å². The fourth-order valence-electron chi connectivity index (χ4n) is 1.68. The number of aromatic nitrogens is 6. The van der Waals surface area contributed by atoms with E-state index in [-0.39, 0.29) is 5.75 Å². The Kier molecular flexibility index (Phi) is 2.08. The summed E-state index contributed by atoms with van der Waals surface area (Å²) in [5.41, 5.74) is 2.52. The Labute approximate surface area is 95.5 Å². The molecule has 3 rings (SSSR count). The number of H-pyrrole nitrogens is 2. The number of benzene rings is 1. The molecule has 3 N–H and O–H groups in total. The summed E-state index contributed by atoms with van der Waals surface area (Å²) in [4.78, 5) is 0. The first-order chi connectivity index (χ1) is 8.36. The Morgan fingerprint density at radius 1 is 0.941 bits per heavy atom. The molecule has 2 heterocycles. The van der Waals surface area contributed by atoms with Gasteiger partial charge in [-0.05, 0) is 6.07 Å². The Morgan fingerprint density at radius 2 is 1.65 bits per heavy atom. The van der Waals surface area contributed by atoms with E-state index in [9.17, 15) is 5.11 Å². The number of hydrogen-bond donors (Lipinski definition) is 3. The second kappa shape index (κ2) is 3.71. The predicted molar refractivity (Wildman–Crippen MR) is 58.9 cm³/mol. The molecule has 0 atom stereocenters. The number of aromatic hydroxyl groups is 1. The molecular formula is C10H8N6O. The van der Waals surface area contributed by atoms with Crippen molar-refractivity contribution in [3.8, 4) is 28.3 Å². The minimum Gasteiger partial charge on any atom is -0.507 e. The fraction of sp³-hybridized carbons (Fsp3) is 0. The molecule has 17 heavy (non-hydrogen) atoms. The van der Waals surface area contributed by atoms with Crippen LogP contribution >= 0.6 is 0 Å². The maximum absolute atomic E-state index is 9.92. The van der Waals surface area contributed by atoms with E-state index >= 15 is 0 Å². The van der Waals surface area contributed by atoms with Gasteiger partial charge < -0.3 is 5.11 Å². The molecule has 7 nitrogen and oxygen atoms in total. The van der Waals surface area contributed by atoms with E-state index in [0.29, 0.717) is 17.0 Å². The van der Waals surface area contributed by atoms with E-state index in [2.05, 4.69) is 30.8 Å². The number of phenols is 1. The van der Waals surface area contributed by atoms with Crippen LogP contribution in [0.2, 0.25) is 0 Å². The zero-order chi connectivity index (χ0) is 11.7. The zero-order valence-electron chi connectivity index (χ0n) is 8.62. The van der Waals surface area contributed by atoms with Gasteiger partial charge in [0.15, 0.2) is 0 Å². The normalized spacial score (nSPS) is 10.6. The average molecular weight is 228 g/mol. The first kappa shape index (κ1) is 9.52. The second-order valence-corrected chi connectivity index (χ2v) is 3.41. The minimum atomic E-state index is 0.124. The molecule has 0 spiro atoms. The highest BCUT2D eigenvalue weighted by molar-refractivity contribution is 5.83. The number of aromatic amines is 2. The summed E-state index contributed by atoms with van der Waals surface area (Å²) in [6, 6.07) is 5.16. The largest absolute Gasteiger partial charge is 0.507 e. The van der Waals surface area contributed by atoms with Crippen LogP contribution in [0, 0.1) is 0 Å². The SMILES string of the molecule is Oc1cccc(-c2cn[nH]n2)c1-c1cn[nH]n1. The highest BCUT2D eigenvalue weighted by Crippen LogP contribution is 2.35. The topological polar surface area (TPSA) is 103 Å². The molecule has 0 bridgehead atoms. The fourth-order valence-corrected chi connectivity index (χ4v) is 1.68. The van der Waals surface area contributed by atoms with Crippen LogP contribution in [0.25, 0.3) is 22.5 Å². The smallest absolute Gasteiger partial charge is 0.125 e. The lowest BCUT2D eigenvalue weighted by Crippen LogP contribution is -1.87. The van der Waals surface area contributed by atoms with Gasteiger partial charge in [-0.25, -0.2) is 0 Å². The number of nitrogens with one attached hydrogen (secondary N) is 2. The van der Waals surface area contributed by atoms with Gasteiger partial charge in [-0.2, -0.15) is 30.8 Å². The highest BCUT2D eigenvalue weighted by Gasteiger charge is 2.15. The van der Waals surface area contributed by atoms with Gasteiger partial charge in [0.05, 0.1) is 18.0 Å². The van der Waals surface area contributed by atoms with E-state index in [1.54, 1.807) is 24.5 Å². The lowest BCUT2D eigenvalue weighted by atomic mass is 10.0. The van der Waals surface area contributed by atoms with Crippen molar-refractivity contribution in [1.29, 1.82) is 0 Å². The average Bonchev–Trinajstić information content (AvgIpc) is 3.02. The van der Waals surface area contributed by atoms with Crippen molar-refractivity contribution in [2.45, 2.75) is 0 Å². The van der Waals surface area contributed by atoms with Crippen molar-refractivity contribution in [1.82, 2.24) is 30.8 Å². The number of rotatable bonds is 2. The van der Waals surface area contributed by atoms with Crippen LogP contribution in [-0.2, 0) is 0 Å². The van der Waals surface area contributed by atoms with Gasteiger partial charge in [0.2, 0.25) is 0 Å². The molecule has 1 aromatic carbocycles. The first-order valence-corrected chi connectivity index (χ1v) is 4.90. The Balaban J connectivity index is 2.26. The molecule has 2 aromatic heterocycles. The van der Waals surface area contributed by atoms with Gasteiger partial charge in [-0.15, -0.1) is 0 Å². The summed E-state index contributed by atoms with van der Waals surface area (Å²) >= 11 is 0. The quantitative estimate of drug-likeness (QED) is 0.606. The van der Waals surface area contributed by atoms with E-state index in [1.165, 1.54) is 0 Å². The predicted octanol–water partition coefficient (Wildman–Crippen LogP) is 0.962. The van der Waals surface area contributed by atoms with Gasteiger partial charge in [0.1, 0.15) is 17.1 Å². The third-order valence-corrected chi connectivity index (χ3v) is 2.40. The molecule has 84 valence electrons. The lowest BCUT2D eigenvalue weighted by Gasteiger charge is -2.05. The molecule has 0 radical (unpaired) electrons. The van der Waals surface area contributed by atoms with Crippen LogP contribution in [0.5, 0.6) is 5.75 Å². The Morgan fingerprint density at radius 3 is 2.29 bits per heavy atom. The second-order valence-electron chi connectivity index (χ2n) is 3.41. The van der Waals surface area contributed by atoms with Crippen molar-refractivity contribution in [2.24, 2.45) is 0 Å². The molecule has 0 saturated heterocycles. The minimum absolute atomic E-state index is 0.124.